The maximum absolute atomic E-state index is 13.1. The van der Waals surface area contributed by atoms with Crippen molar-refractivity contribution >= 4 is 40.8 Å². The van der Waals surface area contributed by atoms with Gasteiger partial charge >= 0.3 is 6.18 Å². The number of pyridine rings is 1. The van der Waals surface area contributed by atoms with Crippen LogP contribution >= 0.6 is 23.2 Å². The van der Waals surface area contributed by atoms with Crippen LogP contribution in [0.25, 0.3) is 0 Å². The molecule has 2 aliphatic heterocycles. The topological polar surface area (TPSA) is 83.6 Å². The van der Waals surface area contributed by atoms with Crippen LogP contribution in [0.3, 0.4) is 0 Å². The molecule has 2 saturated heterocycles. The number of amides is 2. The van der Waals surface area contributed by atoms with Crippen LogP contribution in [0.2, 0.25) is 10.0 Å². The minimum atomic E-state index is -4.49. The fraction of sp³-hybridized carbons (Fsp3) is 0.480. The van der Waals surface area contributed by atoms with Crippen LogP contribution < -0.4 is 20.3 Å². The Kier molecular flexibility index (Phi) is 7.80. The number of ether oxygens (including phenoxy) is 1. The van der Waals surface area contributed by atoms with Crippen molar-refractivity contribution in [3.05, 3.63) is 52.1 Å². The van der Waals surface area contributed by atoms with Crippen molar-refractivity contribution in [3.63, 3.8) is 0 Å². The van der Waals surface area contributed by atoms with E-state index in [-0.39, 0.29) is 29.6 Å². The number of anilines is 1. The largest absolute Gasteiger partial charge is 0.476 e. The molecule has 4 rings (SSSR count). The number of benzene rings is 1. The molecule has 0 radical (unpaired) electrons. The number of aromatic nitrogens is 1. The van der Waals surface area contributed by atoms with Crippen LogP contribution in [0.15, 0.2) is 36.5 Å². The molecule has 2 aliphatic rings. The van der Waals surface area contributed by atoms with E-state index >= 15 is 0 Å². The highest BCUT2D eigenvalue weighted by Gasteiger charge is 2.43. The fourth-order valence-corrected chi connectivity index (χ4v) is 5.34. The number of piperidine rings is 1. The summed E-state index contributed by atoms with van der Waals surface area (Å²) >= 11 is 12.1. The van der Waals surface area contributed by atoms with E-state index in [1.54, 1.807) is 32.0 Å². The van der Waals surface area contributed by atoms with Crippen molar-refractivity contribution in [1.29, 1.82) is 0 Å². The van der Waals surface area contributed by atoms with Crippen molar-refractivity contribution in [3.8, 4) is 5.75 Å². The molecule has 2 aromatic rings. The van der Waals surface area contributed by atoms with Gasteiger partial charge in [-0.3, -0.25) is 9.59 Å². The molecule has 37 heavy (non-hydrogen) atoms. The van der Waals surface area contributed by atoms with Gasteiger partial charge in [0.1, 0.15) is 18.1 Å². The monoisotopic (exact) mass is 558 g/mol. The Bertz CT molecular complexity index is 1160. The summed E-state index contributed by atoms with van der Waals surface area (Å²) in [6.07, 6.45) is 0.00982. The van der Waals surface area contributed by atoms with E-state index in [0.29, 0.717) is 34.5 Å². The molecule has 2 N–H and O–H groups in total. The molecule has 7 nitrogen and oxygen atoms in total. The average molecular weight is 559 g/mol. The number of carbonyl (C=O) groups excluding carboxylic acids is 2. The minimum absolute atomic E-state index is 0.0692. The maximum atomic E-state index is 13.1. The van der Waals surface area contributed by atoms with E-state index in [4.69, 9.17) is 27.9 Å². The summed E-state index contributed by atoms with van der Waals surface area (Å²) in [5.41, 5.74) is -1.07. The maximum Gasteiger partial charge on any atom is 0.405 e. The van der Waals surface area contributed by atoms with Gasteiger partial charge in [0, 0.05) is 34.9 Å². The SMILES string of the molecule is CC(C)(Oc1ccc(Cl)cc1Cl)C(=O)NC1CC2CCC(C1)N2c1cc(C(=O)NCC(F)(F)F)ccn1. The van der Waals surface area contributed by atoms with Crippen LogP contribution in [0.5, 0.6) is 5.75 Å². The van der Waals surface area contributed by atoms with E-state index in [9.17, 15) is 22.8 Å². The van der Waals surface area contributed by atoms with Crippen molar-refractivity contribution in [2.45, 2.75) is 69.4 Å². The molecule has 12 heteroatoms. The van der Waals surface area contributed by atoms with Crippen LogP contribution in [-0.2, 0) is 4.79 Å². The zero-order valence-electron chi connectivity index (χ0n) is 20.2. The van der Waals surface area contributed by atoms with Crippen molar-refractivity contribution in [1.82, 2.24) is 15.6 Å². The molecule has 1 aromatic carbocycles. The minimum Gasteiger partial charge on any atom is -0.476 e. The summed E-state index contributed by atoms with van der Waals surface area (Å²) in [5.74, 6) is -0.194. The predicted octanol–water partition coefficient (Wildman–Crippen LogP) is 5.15. The van der Waals surface area contributed by atoms with Crippen LogP contribution in [0.4, 0.5) is 19.0 Å². The normalized spacial score (nSPS) is 21.5. The molecular formula is C25H27Cl2F3N4O3. The molecule has 1 aromatic heterocycles. The Hall–Kier alpha value is -2.72. The number of nitrogens with zero attached hydrogens (tertiary/aromatic N) is 2. The van der Waals surface area contributed by atoms with E-state index < -0.39 is 24.2 Å². The second kappa shape index (κ2) is 10.6. The van der Waals surface area contributed by atoms with Gasteiger partial charge in [-0.15, -0.1) is 0 Å². The number of hydrogen-bond acceptors (Lipinski definition) is 5. The highest BCUT2D eigenvalue weighted by Crippen LogP contribution is 2.39. The summed E-state index contributed by atoms with van der Waals surface area (Å²) in [6.45, 7) is 1.93. The number of rotatable bonds is 7. The molecule has 0 aliphatic carbocycles. The number of carbonyl (C=O) groups is 2. The first kappa shape index (κ1) is 27.3. The summed E-state index contributed by atoms with van der Waals surface area (Å²) in [4.78, 5) is 31.8. The number of halogens is 5. The number of fused-ring (bicyclic) bond motifs is 2. The molecule has 200 valence electrons. The predicted molar refractivity (Wildman–Crippen MR) is 134 cm³/mol. The van der Waals surface area contributed by atoms with E-state index in [1.807, 2.05) is 5.32 Å². The molecule has 3 heterocycles. The third-order valence-corrected chi connectivity index (χ3v) is 7.13. The first-order valence-corrected chi connectivity index (χ1v) is 12.6. The molecule has 2 amide bonds. The Labute approximate surface area is 222 Å². The third kappa shape index (κ3) is 6.59. The molecular weight excluding hydrogens is 532 g/mol. The molecule has 2 fully saturated rings. The van der Waals surface area contributed by atoms with Crippen molar-refractivity contribution in [2.75, 3.05) is 11.4 Å². The fourth-order valence-electron chi connectivity index (χ4n) is 4.89. The van der Waals surface area contributed by atoms with Gasteiger partial charge in [-0.1, -0.05) is 23.2 Å². The van der Waals surface area contributed by atoms with Gasteiger partial charge in [0.15, 0.2) is 5.60 Å². The van der Waals surface area contributed by atoms with Gasteiger partial charge in [0.25, 0.3) is 11.8 Å². The Morgan fingerprint density at radius 1 is 1.11 bits per heavy atom. The number of hydrogen-bond donors (Lipinski definition) is 2. The molecule has 0 spiro atoms. The first-order chi connectivity index (χ1) is 17.3. The lowest BCUT2D eigenvalue weighted by Gasteiger charge is -2.41. The zero-order chi connectivity index (χ0) is 27.0. The van der Waals surface area contributed by atoms with Gasteiger partial charge in [-0.25, -0.2) is 4.98 Å². The highest BCUT2D eigenvalue weighted by molar-refractivity contribution is 6.35. The molecule has 0 saturated carbocycles. The van der Waals surface area contributed by atoms with Crippen molar-refractivity contribution < 1.29 is 27.5 Å². The second-order valence-corrected chi connectivity index (χ2v) is 10.7. The molecule has 2 unspecified atom stereocenters. The van der Waals surface area contributed by atoms with Gasteiger partial charge < -0.3 is 20.3 Å². The zero-order valence-corrected chi connectivity index (χ0v) is 21.8. The Morgan fingerprint density at radius 3 is 2.41 bits per heavy atom. The Morgan fingerprint density at radius 2 is 1.78 bits per heavy atom. The Balaban J connectivity index is 1.39. The van der Waals surface area contributed by atoms with Crippen molar-refractivity contribution in [2.24, 2.45) is 0 Å². The van der Waals surface area contributed by atoms with Crippen LogP contribution in [-0.4, -0.2) is 53.2 Å². The van der Waals surface area contributed by atoms with E-state index in [0.717, 1.165) is 12.8 Å². The summed E-state index contributed by atoms with van der Waals surface area (Å²) in [5, 5.41) is 5.75. The standard InChI is InChI=1S/C25H27Cl2F3N4O3/c1-24(2,37-20-6-3-15(26)10-19(20)27)23(36)33-16-11-17-4-5-18(12-16)34(17)21-9-14(7-8-31-21)22(35)32-13-25(28,29)30/h3,6-10,16-18H,4-5,11-13H2,1-2H3,(H,32,35)(H,33,36). The van der Waals surface area contributed by atoms with Gasteiger partial charge in [0.05, 0.1) is 5.02 Å². The smallest absolute Gasteiger partial charge is 0.405 e. The first-order valence-electron chi connectivity index (χ1n) is 11.9. The number of alkyl halides is 3. The third-order valence-electron chi connectivity index (χ3n) is 6.60. The molecule has 2 atom stereocenters. The van der Waals surface area contributed by atoms with Crippen LogP contribution in [0.1, 0.15) is 49.9 Å². The molecule has 2 bridgehead atoms. The summed E-state index contributed by atoms with van der Waals surface area (Å²) in [7, 11) is 0. The highest BCUT2D eigenvalue weighted by atomic mass is 35.5. The number of nitrogens with one attached hydrogen (secondary N) is 2. The van der Waals surface area contributed by atoms with Gasteiger partial charge in [-0.05, 0) is 69.9 Å². The van der Waals surface area contributed by atoms with E-state index in [1.165, 1.54) is 18.3 Å². The lowest BCUT2D eigenvalue weighted by Crippen LogP contribution is -2.55. The average Bonchev–Trinajstić information content (AvgIpc) is 3.09. The second-order valence-electron chi connectivity index (χ2n) is 9.82. The van der Waals surface area contributed by atoms with E-state index in [2.05, 4.69) is 15.2 Å². The lowest BCUT2D eigenvalue weighted by molar-refractivity contribution is -0.135. The van der Waals surface area contributed by atoms with Gasteiger partial charge in [-0.2, -0.15) is 13.2 Å². The lowest BCUT2D eigenvalue weighted by atomic mass is 9.96. The summed E-state index contributed by atoms with van der Waals surface area (Å²) < 4.78 is 43.3. The summed E-state index contributed by atoms with van der Waals surface area (Å²) in [6, 6.07) is 7.74. The van der Waals surface area contributed by atoms with Gasteiger partial charge in [0.2, 0.25) is 0 Å². The van der Waals surface area contributed by atoms with Crippen LogP contribution in [0, 0.1) is 0 Å². The quantitative estimate of drug-likeness (QED) is 0.490.